The molecule has 1 saturated heterocycles. The highest BCUT2D eigenvalue weighted by molar-refractivity contribution is 6.37. The second kappa shape index (κ2) is 4.55. The Hall–Kier alpha value is -1.52. The Morgan fingerprint density at radius 3 is 2.50 bits per heavy atom. The van der Waals surface area contributed by atoms with E-state index in [4.69, 9.17) is 11.3 Å². The van der Waals surface area contributed by atoms with E-state index in [0.717, 1.165) is 0 Å². The van der Waals surface area contributed by atoms with Crippen molar-refractivity contribution in [1.82, 2.24) is 5.32 Å². The molecule has 0 aromatic heterocycles. The molecular formula is C10H16N4O2. The van der Waals surface area contributed by atoms with Crippen LogP contribution in [0.1, 0.15) is 20.8 Å². The van der Waals surface area contributed by atoms with Gasteiger partial charge in [0, 0.05) is 18.9 Å². The van der Waals surface area contributed by atoms with Crippen LogP contribution in [-0.2, 0) is 9.59 Å². The van der Waals surface area contributed by atoms with Gasteiger partial charge in [-0.15, -0.1) is 0 Å². The van der Waals surface area contributed by atoms with Crippen LogP contribution in [0, 0.1) is 11.8 Å². The van der Waals surface area contributed by atoms with E-state index in [1.807, 2.05) is 0 Å². The van der Waals surface area contributed by atoms with Crippen LogP contribution in [0.3, 0.4) is 0 Å². The quantitative estimate of drug-likeness (QED) is 0.286. The van der Waals surface area contributed by atoms with Gasteiger partial charge in [-0.05, 0) is 6.92 Å². The minimum atomic E-state index is -0.426. The fraction of sp³-hybridized carbons (Fsp3) is 0.700. The lowest BCUT2D eigenvalue weighted by Crippen LogP contribution is -2.67. The van der Waals surface area contributed by atoms with Gasteiger partial charge >= 0.3 is 5.71 Å². The first-order chi connectivity index (χ1) is 7.40. The molecule has 1 aliphatic heterocycles. The Labute approximate surface area is 93.8 Å². The Bertz CT molecular complexity index is 371. The number of amides is 1. The Kier molecular flexibility index (Phi) is 3.57. The molecule has 16 heavy (non-hydrogen) atoms. The summed E-state index contributed by atoms with van der Waals surface area (Å²) in [6, 6.07) is -0.558. The van der Waals surface area contributed by atoms with Crippen molar-refractivity contribution in [2.75, 3.05) is 0 Å². The number of nitrogens with one attached hydrogen (secondary N) is 1. The Morgan fingerprint density at radius 2 is 2.12 bits per heavy atom. The molecule has 1 fully saturated rings. The molecule has 1 aliphatic rings. The first kappa shape index (κ1) is 12.5. The van der Waals surface area contributed by atoms with Crippen LogP contribution >= 0.6 is 0 Å². The maximum atomic E-state index is 11.7. The molecule has 2 unspecified atom stereocenters. The lowest BCUT2D eigenvalue weighted by Gasteiger charge is -2.41. The largest absolute Gasteiger partial charge is 0.361 e. The molecule has 1 heterocycles. The van der Waals surface area contributed by atoms with Crippen LogP contribution in [0.4, 0.5) is 0 Å². The van der Waals surface area contributed by atoms with Gasteiger partial charge in [-0.1, -0.05) is 6.92 Å². The predicted molar refractivity (Wildman–Crippen MR) is 57.5 cm³/mol. The standard InChI is InChI=1S/C10H16N4O2/c1-4(9(15)6(3)14-12)8-7(5(2)11)10(16)13-8/h4-5,7-8H,11H2,1-3H3,(H,13,16)/t4?,5?,7-,8-/m1/s1. The average Bonchev–Trinajstić information content (AvgIpc) is 2.21. The second-order valence-corrected chi connectivity index (χ2v) is 4.26. The molecule has 1 amide bonds. The predicted octanol–water partition coefficient (Wildman–Crippen LogP) is -0.656. The smallest absolute Gasteiger partial charge is 0.331 e. The van der Waals surface area contributed by atoms with Gasteiger partial charge in [-0.3, -0.25) is 9.59 Å². The van der Waals surface area contributed by atoms with Crippen LogP contribution in [-0.4, -0.2) is 34.3 Å². The number of hydrogen-bond acceptors (Lipinski definition) is 3. The summed E-state index contributed by atoms with van der Waals surface area (Å²) in [6.07, 6.45) is 0. The van der Waals surface area contributed by atoms with E-state index in [1.165, 1.54) is 6.92 Å². The van der Waals surface area contributed by atoms with Crippen molar-refractivity contribution in [3.05, 3.63) is 5.53 Å². The summed E-state index contributed by atoms with van der Waals surface area (Å²) in [7, 11) is 0. The van der Waals surface area contributed by atoms with E-state index < -0.39 is 5.92 Å². The van der Waals surface area contributed by atoms with Gasteiger partial charge in [0.2, 0.25) is 11.7 Å². The van der Waals surface area contributed by atoms with Gasteiger partial charge < -0.3 is 16.6 Å². The van der Waals surface area contributed by atoms with E-state index in [-0.39, 0.29) is 35.4 Å². The molecule has 0 radical (unpaired) electrons. The van der Waals surface area contributed by atoms with Crippen molar-refractivity contribution in [3.8, 4) is 0 Å². The van der Waals surface area contributed by atoms with Crippen LogP contribution in [0.25, 0.3) is 5.53 Å². The number of Topliss-reactive ketones (excluding diaryl/α,β-unsaturated/α-hetero) is 1. The zero-order valence-electron chi connectivity index (χ0n) is 9.60. The Balaban J connectivity index is 2.77. The van der Waals surface area contributed by atoms with Gasteiger partial charge in [0.05, 0.1) is 12.0 Å². The van der Waals surface area contributed by atoms with Gasteiger partial charge in [0.15, 0.2) is 0 Å². The lowest BCUT2D eigenvalue weighted by atomic mass is 9.76. The van der Waals surface area contributed by atoms with Crippen LogP contribution in [0.2, 0.25) is 0 Å². The number of carbonyl (C=O) groups is 2. The fourth-order valence-electron chi connectivity index (χ4n) is 1.96. The first-order valence-electron chi connectivity index (χ1n) is 5.19. The minimum Gasteiger partial charge on any atom is -0.361 e. The zero-order valence-corrected chi connectivity index (χ0v) is 9.60. The fourth-order valence-corrected chi connectivity index (χ4v) is 1.96. The summed E-state index contributed by atoms with van der Waals surface area (Å²) in [4.78, 5) is 25.8. The van der Waals surface area contributed by atoms with Crippen LogP contribution in [0.15, 0.2) is 0 Å². The minimum absolute atomic E-state index is 0.0390. The van der Waals surface area contributed by atoms with Gasteiger partial charge in [0.25, 0.3) is 0 Å². The third-order valence-electron chi connectivity index (χ3n) is 3.02. The molecule has 0 aliphatic carbocycles. The van der Waals surface area contributed by atoms with Gasteiger partial charge in [0.1, 0.15) is 0 Å². The summed E-state index contributed by atoms with van der Waals surface area (Å²) < 4.78 is 0. The molecule has 0 saturated carbocycles. The normalized spacial score (nSPS) is 27.1. The highest BCUT2D eigenvalue weighted by Gasteiger charge is 2.47. The summed E-state index contributed by atoms with van der Waals surface area (Å²) in [5, 5.41) is 2.66. The zero-order chi connectivity index (χ0) is 12.5. The molecule has 1 rings (SSSR count). The molecule has 4 atom stereocenters. The van der Waals surface area contributed by atoms with Crippen LogP contribution < -0.4 is 11.1 Å². The molecular weight excluding hydrogens is 208 g/mol. The van der Waals surface area contributed by atoms with E-state index in [0.29, 0.717) is 0 Å². The topological polar surface area (TPSA) is 109 Å². The number of nitrogens with two attached hydrogens (primary N) is 1. The molecule has 6 nitrogen and oxygen atoms in total. The number of ketones is 1. The second-order valence-electron chi connectivity index (χ2n) is 4.26. The third kappa shape index (κ3) is 2.03. The van der Waals surface area contributed by atoms with Gasteiger partial charge in [-0.25, -0.2) is 0 Å². The molecule has 3 N–H and O–H groups in total. The molecule has 88 valence electrons. The monoisotopic (exact) mass is 224 g/mol. The van der Waals surface area contributed by atoms with E-state index in [2.05, 4.69) is 10.1 Å². The van der Waals surface area contributed by atoms with Crippen molar-refractivity contribution in [2.45, 2.75) is 32.9 Å². The number of β-lactam (4-membered cyclic amide) rings is 1. The maximum absolute atomic E-state index is 11.7. The van der Waals surface area contributed by atoms with Crippen LogP contribution in [0.5, 0.6) is 0 Å². The Morgan fingerprint density at radius 1 is 1.56 bits per heavy atom. The van der Waals surface area contributed by atoms with Crippen molar-refractivity contribution in [3.63, 3.8) is 0 Å². The number of nitrogens with zero attached hydrogens (tertiary/aromatic N) is 2. The van der Waals surface area contributed by atoms with E-state index in [1.54, 1.807) is 13.8 Å². The van der Waals surface area contributed by atoms with Crippen molar-refractivity contribution in [1.29, 1.82) is 0 Å². The maximum Gasteiger partial charge on any atom is 0.331 e. The number of carbonyl (C=O) groups excluding carboxylic acids is 2. The summed E-state index contributed by atoms with van der Waals surface area (Å²) in [5.41, 5.74) is 14.2. The summed E-state index contributed by atoms with van der Waals surface area (Å²) in [5.74, 6) is -1.17. The highest BCUT2D eigenvalue weighted by Crippen LogP contribution is 2.25. The molecule has 0 bridgehead atoms. The molecule has 6 heteroatoms. The SMILES string of the molecule is CC(=[N+]=[N-])C(=O)C(C)[C@H]1NC(=O)[C@@H]1C(C)N. The third-order valence-corrected chi connectivity index (χ3v) is 3.02. The van der Waals surface area contributed by atoms with E-state index >= 15 is 0 Å². The highest BCUT2D eigenvalue weighted by atomic mass is 16.2. The summed E-state index contributed by atoms with van der Waals surface area (Å²) >= 11 is 0. The van der Waals surface area contributed by atoms with Crippen molar-refractivity contribution in [2.24, 2.45) is 17.6 Å². The van der Waals surface area contributed by atoms with Gasteiger partial charge in [-0.2, -0.15) is 4.79 Å². The average molecular weight is 224 g/mol. The van der Waals surface area contributed by atoms with Crippen molar-refractivity contribution >= 4 is 17.4 Å². The molecule has 0 spiro atoms. The van der Waals surface area contributed by atoms with E-state index in [9.17, 15) is 9.59 Å². The molecule has 0 aromatic carbocycles. The molecule has 0 aromatic rings. The van der Waals surface area contributed by atoms with Crippen molar-refractivity contribution < 1.29 is 14.4 Å². The lowest BCUT2D eigenvalue weighted by molar-refractivity contribution is -0.139. The summed E-state index contributed by atoms with van der Waals surface area (Å²) in [6.45, 7) is 4.86. The first-order valence-corrected chi connectivity index (χ1v) is 5.19. The number of hydrogen-bond donors (Lipinski definition) is 2. The number of rotatable bonds is 4.